The summed E-state index contributed by atoms with van der Waals surface area (Å²) in [5.41, 5.74) is 2.38. The van der Waals surface area contributed by atoms with Crippen LogP contribution in [-0.2, 0) is 6.42 Å². The van der Waals surface area contributed by atoms with Gasteiger partial charge in [-0.3, -0.25) is 4.98 Å². The molecule has 0 saturated heterocycles. The van der Waals surface area contributed by atoms with Crippen LogP contribution in [0.4, 0.5) is 0 Å². The SMILES string of the molecule is CC(CCl)Cc1ccc2cccnc2c1. The van der Waals surface area contributed by atoms with Crippen LogP contribution in [-0.4, -0.2) is 10.9 Å². The lowest BCUT2D eigenvalue weighted by atomic mass is 10.0. The summed E-state index contributed by atoms with van der Waals surface area (Å²) in [6.45, 7) is 2.16. The highest BCUT2D eigenvalue weighted by molar-refractivity contribution is 6.18. The minimum Gasteiger partial charge on any atom is -0.256 e. The molecular formula is C13H14ClN. The third kappa shape index (κ3) is 2.48. The topological polar surface area (TPSA) is 12.9 Å². The number of pyridine rings is 1. The Hall–Kier alpha value is -1.08. The molecule has 78 valence electrons. The van der Waals surface area contributed by atoms with Gasteiger partial charge in [-0.25, -0.2) is 0 Å². The Morgan fingerprint density at radius 2 is 2.20 bits per heavy atom. The third-order valence-corrected chi connectivity index (χ3v) is 3.04. The zero-order chi connectivity index (χ0) is 10.7. The highest BCUT2D eigenvalue weighted by Gasteiger charge is 2.03. The van der Waals surface area contributed by atoms with E-state index in [2.05, 4.69) is 36.2 Å². The van der Waals surface area contributed by atoms with Crippen molar-refractivity contribution in [2.75, 3.05) is 5.88 Å². The van der Waals surface area contributed by atoms with Gasteiger partial charge in [0.25, 0.3) is 0 Å². The van der Waals surface area contributed by atoms with Gasteiger partial charge in [0.05, 0.1) is 5.52 Å². The fraction of sp³-hybridized carbons (Fsp3) is 0.308. The van der Waals surface area contributed by atoms with Gasteiger partial charge in [0.2, 0.25) is 0 Å². The van der Waals surface area contributed by atoms with Crippen molar-refractivity contribution in [3.8, 4) is 0 Å². The fourth-order valence-corrected chi connectivity index (χ4v) is 1.81. The molecule has 1 aromatic carbocycles. The Morgan fingerprint density at radius 1 is 1.33 bits per heavy atom. The molecule has 0 aliphatic rings. The first kappa shape index (κ1) is 10.4. The summed E-state index contributed by atoms with van der Waals surface area (Å²) in [6.07, 6.45) is 2.85. The zero-order valence-corrected chi connectivity index (χ0v) is 9.54. The first-order valence-corrected chi connectivity index (χ1v) is 5.72. The number of rotatable bonds is 3. The summed E-state index contributed by atoms with van der Waals surface area (Å²) >= 11 is 5.80. The van der Waals surface area contributed by atoms with Crippen LogP contribution < -0.4 is 0 Å². The van der Waals surface area contributed by atoms with Gasteiger partial charge in [-0.05, 0) is 30.0 Å². The molecule has 0 amide bonds. The molecule has 0 N–H and O–H groups in total. The summed E-state index contributed by atoms with van der Waals surface area (Å²) in [4.78, 5) is 4.34. The predicted octanol–water partition coefficient (Wildman–Crippen LogP) is 3.65. The first-order chi connectivity index (χ1) is 7.29. The van der Waals surface area contributed by atoms with Crippen molar-refractivity contribution in [2.45, 2.75) is 13.3 Å². The quantitative estimate of drug-likeness (QED) is 0.719. The molecule has 0 spiro atoms. The van der Waals surface area contributed by atoms with E-state index in [1.165, 1.54) is 10.9 Å². The Balaban J connectivity index is 2.30. The maximum atomic E-state index is 5.80. The smallest absolute Gasteiger partial charge is 0.0704 e. The van der Waals surface area contributed by atoms with Crippen LogP contribution in [0.1, 0.15) is 12.5 Å². The lowest BCUT2D eigenvalue weighted by Crippen LogP contribution is -2.00. The molecule has 2 rings (SSSR count). The molecule has 0 aliphatic heterocycles. The normalized spacial score (nSPS) is 12.9. The number of halogens is 1. The van der Waals surface area contributed by atoms with Crippen molar-refractivity contribution in [1.29, 1.82) is 0 Å². The zero-order valence-electron chi connectivity index (χ0n) is 8.78. The van der Waals surface area contributed by atoms with E-state index in [0.29, 0.717) is 11.8 Å². The Kier molecular flexibility index (Phi) is 3.22. The highest BCUT2D eigenvalue weighted by Crippen LogP contribution is 2.16. The van der Waals surface area contributed by atoms with Crippen LogP contribution in [0.25, 0.3) is 10.9 Å². The fourth-order valence-electron chi connectivity index (χ4n) is 1.70. The largest absolute Gasteiger partial charge is 0.256 e. The van der Waals surface area contributed by atoms with Gasteiger partial charge in [-0.2, -0.15) is 0 Å². The van der Waals surface area contributed by atoms with Crippen molar-refractivity contribution >= 4 is 22.5 Å². The summed E-state index contributed by atoms with van der Waals surface area (Å²) in [5.74, 6) is 1.23. The van der Waals surface area contributed by atoms with Crippen LogP contribution in [0.5, 0.6) is 0 Å². The Morgan fingerprint density at radius 3 is 3.00 bits per heavy atom. The van der Waals surface area contributed by atoms with Crippen molar-refractivity contribution in [1.82, 2.24) is 4.98 Å². The minimum absolute atomic E-state index is 0.521. The summed E-state index contributed by atoms with van der Waals surface area (Å²) in [5, 5.41) is 1.19. The molecule has 1 aromatic heterocycles. The molecule has 1 unspecified atom stereocenters. The third-order valence-electron chi connectivity index (χ3n) is 2.52. The van der Waals surface area contributed by atoms with E-state index in [9.17, 15) is 0 Å². The maximum absolute atomic E-state index is 5.80. The predicted molar refractivity (Wildman–Crippen MR) is 65.3 cm³/mol. The van der Waals surface area contributed by atoms with Gasteiger partial charge in [-0.1, -0.05) is 25.1 Å². The first-order valence-electron chi connectivity index (χ1n) is 5.19. The maximum Gasteiger partial charge on any atom is 0.0704 e. The number of hydrogen-bond acceptors (Lipinski definition) is 1. The monoisotopic (exact) mass is 219 g/mol. The van der Waals surface area contributed by atoms with Gasteiger partial charge < -0.3 is 0 Å². The minimum atomic E-state index is 0.521. The molecule has 1 heterocycles. The van der Waals surface area contributed by atoms with E-state index in [1.807, 2.05) is 12.3 Å². The standard InChI is InChI=1S/C13H14ClN/c1-10(9-14)7-11-4-5-12-3-2-6-15-13(12)8-11/h2-6,8,10H,7,9H2,1H3. The lowest BCUT2D eigenvalue weighted by Gasteiger charge is -2.07. The molecule has 0 radical (unpaired) electrons. The molecular weight excluding hydrogens is 206 g/mol. The van der Waals surface area contributed by atoms with Crippen LogP contribution in [0, 0.1) is 5.92 Å². The van der Waals surface area contributed by atoms with E-state index in [0.717, 1.165) is 11.9 Å². The summed E-state index contributed by atoms with van der Waals surface area (Å²) < 4.78 is 0. The molecule has 0 aliphatic carbocycles. The van der Waals surface area contributed by atoms with E-state index in [4.69, 9.17) is 11.6 Å². The van der Waals surface area contributed by atoms with Crippen LogP contribution >= 0.6 is 11.6 Å². The van der Waals surface area contributed by atoms with Crippen LogP contribution in [0.3, 0.4) is 0 Å². The van der Waals surface area contributed by atoms with Crippen molar-refractivity contribution in [3.63, 3.8) is 0 Å². The molecule has 2 heteroatoms. The lowest BCUT2D eigenvalue weighted by molar-refractivity contribution is 0.655. The number of nitrogens with zero attached hydrogens (tertiary/aromatic N) is 1. The van der Waals surface area contributed by atoms with Gasteiger partial charge in [0, 0.05) is 17.5 Å². The Labute approximate surface area is 95.1 Å². The van der Waals surface area contributed by atoms with E-state index in [-0.39, 0.29) is 0 Å². The second-order valence-corrected chi connectivity index (χ2v) is 4.30. The van der Waals surface area contributed by atoms with Gasteiger partial charge in [0.1, 0.15) is 0 Å². The number of hydrogen-bond donors (Lipinski definition) is 0. The van der Waals surface area contributed by atoms with E-state index < -0.39 is 0 Å². The molecule has 0 fully saturated rings. The summed E-state index contributed by atoms with van der Waals surface area (Å²) in [6, 6.07) is 10.5. The molecule has 2 aromatic rings. The Bertz CT molecular complexity index is 453. The van der Waals surface area contributed by atoms with Crippen molar-refractivity contribution < 1.29 is 0 Å². The number of fused-ring (bicyclic) bond motifs is 1. The number of aromatic nitrogens is 1. The van der Waals surface area contributed by atoms with Crippen molar-refractivity contribution in [2.24, 2.45) is 5.92 Å². The molecule has 0 saturated carbocycles. The molecule has 0 bridgehead atoms. The van der Waals surface area contributed by atoms with E-state index >= 15 is 0 Å². The second kappa shape index (κ2) is 4.63. The van der Waals surface area contributed by atoms with Crippen LogP contribution in [0.2, 0.25) is 0 Å². The van der Waals surface area contributed by atoms with Crippen LogP contribution in [0.15, 0.2) is 36.5 Å². The molecule has 1 nitrogen and oxygen atoms in total. The molecule has 15 heavy (non-hydrogen) atoms. The summed E-state index contributed by atoms with van der Waals surface area (Å²) in [7, 11) is 0. The average Bonchev–Trinajstić information content (AvgIpc) is 2.29. The van der Waals surface area contributed by atoms with E-state index in [1.54, 1.807) is 0 Å². The number of benzene rings is 1. The van der Waals surface area contributed by atoms with Crippen molar-refractivity contribution in [3.05, 3.63) is 42.1 Å². The second-order valence-electron chi connectivity index (χ2n) is 3.99. The molecule has 1 atom stereocenters. The van der Waals surface area contributed by atoms with Gasteiger partial charge in [-0.15, -0.1) is 11.6 Å². The van der Waals surface area contributed by atoms with Gasteiger partial charge >= 0.3 is 0 Å². The number of alkyl halides is 1. The average molecular weight is 220 g/mol. The highest BCUT2D eigenvalue weighted by atomic mass is 35.5. The van der Waals surface area contributed by atoms with Gasteiger partial charge in [0.15, 0.2) is 0 Å².